The number of nitrogen functional groups attached to an aromatic ring is 2. The zero-order valence-corrected chi connectivity index (χ0v) is 27.9. The second-order valence-electron chi connectivity index (χ2n) is 10.1. The standard InChI is InChI=1S/C26H44N6O8S3/c1-7-31(8-2)21-11-13-25(27)23(15-21)19(5)17-41(33,34)29-39-43(37,38)40-30-42(35,36)18-20(6)24-16-22(12-14-26(24)28)32(9-3)10-4/h11-16,19-20,29-30H,7-10,17-18,27-28H2,1-6H3. The van der Waals surface area contributed by atoms with Crippen molar-refractivity contribution >= 4 is 53.2 Å². The molecular weight excluding hydrogens is 621 g/mol. The van der Waals surface area contributed by atoms with Crippen LogP contribution in [0, 0.1) is 0 Å². The average molecular weight is 665 g/mol. The Morgan fingerprint density at radius 1 is 0.651 bits per heavy atom. The molecule has 43 heavy (non-hydrogen) atoms. The van der Waals surface area contributed by atoms with Gasteiger partial charge in [-0.05, 0) is 87.1 Å². The Bertz CT molecular complexity index is 1430. The van der Waals surface area contributed by atoms with Crippen LogP contribution in [0.2, 0.25) is 0 Å². The van der Waals surface area contributed by atoms with Gasteiger partial charge in [0.2, 0.25) is 20.0 Å². The number of hydrogen-bond donors (Lipinski definition) is 4. The first kappa shape index (κ1) is 36.5. The number of benzene rings is 2. The summed E-state index contributed by atoms with van der Waals surface area (Å²) in [6.07, 6.45) is 0. The summed E-state index contributed by atoms with van der Waals surface area (Å²) in [6, 6.07) is 10.6. The van der Waals surface area contributed by atoms with E-state index >= 15 is 0 Å². The summed E-state index contributed by atoms with van der Waals surface area (Å²) in [5, 5.41) is 0. The molecule has 0 saturated carbocycles. The van der Waals surface area contributed by atoms with E-state index in [0.29, 0.717) is 22.5 Å². The predicted octanol–water partition coefficient (Wildman–Crippen LogP) is 2.40. The number of hydrogen-bond acceptors (Lipinski definition) is 12. The fourth-order valence-electron chi connectivity index (χ4n) is 4.66. The number of anilines is 4. The van der Waals surface area contributed by atoms with Crippen molar-refractivity contribution in [3.63, 3.8) is 0 Å². The lowest BCUT2D eigenvalue weighted by Gasteiger charge is -2.24. The number of nitrogens with one attached hydrogen (secondary N) is 2. The van der Waals surface area contributed by atoms with Crippen molar-refractivity contribution in [1.29, 1.82) is 0 Å². The maximum Gasteiger partial charge on any atom is 0.434 e. The molecule has 244 valence electrons. The van der Waals surface area contributed by atoms with Crippen molar-refractivity contribution < 1.29 is 33.8 Å². The number of rotatable bonds is 18. The van der Waals surface area contributed by atoms with Gasteiger partial charge in [0, 0.05) is 48.9 Å². The summed E-state index contributed by atoms with van der Waals surface area (Å²) in [6.45, 7) is 14.1. The van der Waals surface area contributed by atoms with E-state index in [1.807, 2.05) is 39.8 Å². The van der Waals surface area contributed by atoms with E-state index in [1.165, 1.54) is 9.77 Å². The van der Waals surface area contributed by atoms with Gasteiger partial charge < -0.3 is 21.3 Å². The van der Waals surface area contributed by atoms with Crippen molar-refractivity contribution in [3.05, 3.63) is 47.5 Å². The molecule has 2 aromatic carbocycles. The van der Waals surface area contributed by atoms with Gasteiger partial charge in [0.15, 0.2) is 0 Å². The van der Waals surface area contributed by atoms with Gasteiger partial charge in [-0.1, -0.05) is 23.6 Å². The molecule has 2 rings (SSSR count). The fraction of sp³-hybridized carbons (Fsp3) is 0.538. The summed E-state index contributed by atoms with van der Waals surface area (Å²) < 4.78 is 83.2. The molecule has 2 aromatic rings. The summed E-state index contributed by atoms with van der Waals surface area (Å²) >= 11 is 0. The minimum atomic E-state index is -5.16. The van der Waals surface area contributed by atoms with Crippen molar-refractivity contribution in [2.75, 3.05) is 59.0 Å². The minimum absolute atomic E-state index is 0.376. The summed E-state index contributed by atoms with van der Waals surface area (Å²) in [5.74, 6) is -2.45. The Kier molecular flexibility index (Phi) is 13.0. The molecule has 2 atom stereocenters. The van der Waals surface area contributed by atoms with Gasteiger partial charge in [0.1, 0.15) is 0 Å². The second kappa shape index (κ2) is 15.4. The molecule has 0 aromatic heterocycles. The van der Waals surface area contributed by atoms with Gasteiger partial charge in [0.25, 0.3) is 0 Å². The van der Waals surface area contributed by atoms with E-state index in [1.54, 1.807) is 38.1 Å². The first-order valence-electron chi connectivity index (χ1n) is 13.9. The van der Waals surface area contributed by atoms with Crippen LogP contribution in [0.3, 0.4) is 0 Å². The molecular formula is C26H44N6O8S3. The molecule has 0 spiro atoms. The number of nitrogens with zero attached hydrogens (tertiary/aromatic N) is 2. The van der Waals surface area contributed by atoms with Crippen molar-refractivity contribution in [2.24, 2.45) is 0 Å². The third-order valence-corrected chi connectivity index (χ3v) is 10.3. The van der Waals surface area contributed by atoms with E-state index in [4.69, 9.17) is 11.5 Å². The first-order valence-corrected chi connectivity index (χ1v) is 18.5. The fourth-order valence-corrected chi connectivity index (χ4v) is 8.00. The van der Waals surface area contributed by atoms with E-state index in [2.05, 4.69) is 18.4 Å². The third kappa shape index (κ3) is 10.8. The van der Waals surface area contributed by atoms with Crippen molar-refractivity contribution in [3.8, 4) is 0 Å². The average Bonchev–Trinajstić information content (AvgIpc) is 2.93. The molecule has 0 bridgehead atoms. The maximum absolute atomic E-state index is 12.6. The molecule has 0 aliphatic carbocycles. The topological polar surface area (TPSA) is 203 Å². The Hall–Kier alpha value is -2.67. The van der Waals surface area contributed by atoms with Gasteiger partial charge in [-0.3, -0.25) is 0 Å². The SMILES string of the molecule is CCN(CC)c1ccc(N)c(C(C)CS(=O)(=O)NOS(=O)(=O)ONS(=O)(=O)CC(C)c2cc(N(CC)CC)ccc2N)c1. The quantitative estimate of drug-likeness (QED) is 0.134. The van der Waals surface area contributed by atoms with Gasteiger partial charge in [-0.2, -0.15) is 8.42 Å². The minimum Gasteiger partial charge on any atom is -0.398 e. The normalized spacial score (nSPS) is 13.9. The molecule has 0 aliphatic heterocycles. The van der Waals surface area contributed by atoms with E-state index < -0.39 is 53.8 Å². The smallest absolute Gasteiger partial charge is 0.398 e. The van der Waals surface area contributed by atoms with E-state index in [9.17, 15) is 25.3 Å². The summed E-state index contributed by atoms with van der Waals surface area (Å²) in [7, 11) is -13.9. The molecule has 0 radical (unpaired) electrons. The van der Waals surface area contributed by atoms with E-state index in [0.717, 1.165) is 37.6 Å². The lowest BCUT2D eigenvalue weighted by atomic mass is 10.00. The highest BCUT2D eigenvalue weighted by Gasteiger charge is 2.26. The van der Waals surface area contributed by atoms with Crippen LogP contribution in [0.25, 0.3) is 0 Å². The van der Waals surface area contributed by atoms with Crippen LogP contribution >= 0.6 is 0 Å². The zero-order valence-electron chi connectivity index (χ0n) is 25.4. The Balaban J connectivity index is 2.02. The van der Waals surface area contributed by atoms with Crippen LogP contribution in [0.4, 0.5) is 22.7 Å². The Labute approximate surface area is 256 Å². The Morgan fingerprint density at radius 3 is 1.28 bits per heavy atom. The monoisotopic (exact) mass is 664 g/mol. The van der Waals surface area contributed by atoms with Gasteiger partial charge in [-0.25, -0.2) is 16.8 Å². The van der Waals surface area contributed by atoms with Gasteiger partial charge >= 0.3 is 10.4 Å². The Morgan fingerprint density at radius 2 is 0.977 bits per heavy atom. The summed E-state index contributed by atoms with van der Waals surface area (Å²) in [4.78, 5) is 7.07. The first-order chi connectivity index (χ1) is 20.0. The summed E-state index contributed by atoms with van der Waals surface area (Å²) in [5.41, 5.74) is 15.7. The van der Waals surface area contributed by atoms with Gasteiger partial charge in [-0.15, -0.1) is 8.57 Å². The lowest BCUT2D eigenvalue weighted by molar-refractivity contribution is 0.171. The molecule has 0 saturated heterocycles. The molecule has 17 heteroatoms. The number of nitrogens with two attached hydrogens (primary N) is 2. The molecule has 14 nitrogen and oxygen atoms in total. The maximum atomic E-state index is 12.6. The zero-order chi connectivity index (χ0) is 32.6. The highest BCUT2D eigenvalue weighted by atomic mass is 32.3. The number of sulfonamides is 2. The van der Waals surface area contributed by atoms with Crippen molar-refractivity contribution in [1.82, 2.24) is 9.77 Å². The highest BCUT2D eigenvalue weighted by molar-refractivity contribution is 7.91. The second-order valence-corrected chi connectivity index (χ2v) is 14.7. The van der Waals surface area contributed by atoms with Crippen LogP contribution in [-0.2, 0) is 39.0 Å². The molecule has 0 aliphatic rings. The van der Waals surface area contributed by atoms with Crippen LogP contribution in [0.5, 0.6) is 0 Å². The molecule has 2 unspecified atom stereocenters. The lowest BCUT2D eigenvalue weighted by Crippen LogP contribution is -2.36. The highest BCUT2D eigenvalue weighted by Crippen LogP contribution is 2.30. The van der Waals surface area contributed by atoms with Crippen molar-refractivity contribution in [2.45, 2.75) is 53.4 Å². The van der Waals surface area contributed by atoms with E-state index in [-0.39, 0.29) is 0 Å². The molecule has 0 fully saturated rings. The van der Waals surface area contributed by atoms with Crippen LogP contribution in [-0.4, -0.2) is 62.9 Å². The molecule has 0 heterocycles. The van der Waals surface area contributed by atoms with Crippen LogP contribution < -0.4 is 31.0 Å². The molecule has 0 amide bonds. The largest absolute Gasteiger partial charge is 0.434 e. The molecule has 6 N–H and O–H groups in total. The predicted molar refractivity (Wildman–Crippen MR) is 171 cm³/mol. The van der Waals surface area contributed by atoms with Crippen LogP contribution in [0.1, 0.15) is 64.5 Å². The van der Waals surface area contributed by atoms with Crippen LogP contribution in [0.15, 0.2) is 36.4 Å². The van der Waals surface area contributed by atoms with Gasteiger partial charge in [0.05, 0.1) is 11.5 Å². The third-order valence-electron chi connectivity index (χ3n) is 6.92.